The molecule has 7 heteroatoms. The summed E-state index contributed by atoms with van der Waals surface area (Å²) in [6, 6.07) is 6.71. The lowest BCUT2D eigenvalue weighted by molar-refractivity contribution is -0.121. The number of hydrogen-bond donors (Lipinski definition) is 3. The van der Waals surface area contributed by atoms with Crippen molar-refractivity contribution < 1.29 is 9.59 Å². The van der Waals surface area contributed by atoms with Gasteiger partial charge in [-0.3, -0.25) is 14.3 Å². The molecular weight excluding hydrogens is 282 g/mol. The molecule has 1 atom stereocenters. The lowest BCUT2D eigenvalue weighted by Crippen LogP contribution is -2.27. The van der Waals surface area contributed by atoms with Crippen LogP contribution in [0.3, 0.4) is 0 Å². The number of nitrogens with zero attached hydrogens (tertiary/aromatic N) is 2. The van der Waals surface area contributed by atoms with Gasteiger partial charge < -0.3 is 16.4 Å². The summed E-state index contributed by atoms with van der Waals surface area (Å²) in [5, 5.41) is 9.19. The average molecular weight is 301 g/mol. The Balaban J connectivity index is 1.99. The molecule has 116 valence electrons. The first-order chi connectivity index (χ1) is 10.5. The minimum absolute atomic E-state index is 0.0936. The van der Waals surface area contributed by atoms with Crippen LogP contribution in [0.1, 0.15) is 17.2 Å². The third kappa shape index (κ3) is 3.92. The number of nitrogens with two attached hydrogens (primary N) is 1. The molecule has 1 aromatic heterocycles. The van der Waals surface area contributed by atoms with E-state index in [1.54, 1.807) is 13.2 Å². The maximum Gasteiger partial charge on any atom is 0.245 e. The van der Waals surface area contributed by atoms with Crippen LogP contribution < -0.4 is 16.4 Å². The van der Waals surface area contributed by atoms with Crippen molar-refractivity contribution in [1.29, 1.82) is 0 Å². The van der Waals surface area contributed by atoms with E-state index in [-0.39, 0.29) is 18.4 Å². The molecule has 0 spiro atoms. The molecular formula is C15H19N5O2. The molecule has 1 aromatic carbocycles. The normalized spacial score (nSPS) is 11.8. The fourth-order valence-corrected chi connectivity index (χ4v) is 1.89. The topological polar surface area (TPSA) is 102 Å². The van der Waals surface area contributed by atoms with E-state index in [1.165, 1.54) is 10.9 Å². The summed E-state index contributed by atoms with van der Waals surface area (Å²) >= 11 is 0. The fourth-order valence-electron chi connectivity index (χ4n) is 1.89. The lowest BCUT2D eigenvalue weighted by Gasteiger charge is -2.11. The van der Waals surface area contributed by atoms with Crippen molar-refractivity contribution in [2.24, 2.45) is 5.73 Å². The molecule has 0 radical (unpaired) electrons. The molecule has 0 aliphatic heterocycles. The number of aryl methyl sites for hydroxylation is 1. The van der Waals surface area contributed by atoms with E-state index in [4.69, 9.17) is 5.73 Å². The number of rotatable bonds is 5. The van der Waals surface area contributed by atoms with Crippen molar-refractivity contribution in [3.8, 4) is 0 Å². The van der Waals surface area contributed by atoms with Crippen LogP contribution in [0.5, 0.6) is 0 Å². The second kappa shape index (κ2) is 6.86. The zero-order valence-corrected chi connectivity index (χ0v) is 12.5. The van der Waals surface area contributed by atoms with Gasteiger partial charge in [-0.2, -0.15) is 5.10 Å². The summed E-state index contributed by atoms with van der Waals surface area (Å²) in [5.74, 6) is -0.499. The monoisotopic (exact) mass is 301 g/mol. The summed E-state index contributed by atoms with van der Waals surface area (Å²) < 4.78 is 1.44. The van der Waals surface area contributed by atoms with Crippen LogP contribution in [-0.2, 0) is 16.1 Å². The zero-order valence-electron chi connectivity index (χ0n) is 12.5. The molecule has 1 unspecified atom stereocenters. The van der Waals surface area contributed by atoms with Crippen molar-refractivity contribution >= 4 is 17.5 Å². The van der Waals surface area contributed by atoms with E-state index in [0.29, 0.717) is 5.69 Å². The van der Waals surface area contributed by atoms with Crippen LogP contribution in [0.25, 0.3) is 0 Å². The van der Waals surface area contributed by atoms with Crippen molar-refractivity contribution in [2.45, 2.75) is 19.5 Å². The number of benzene rings is 1. The Morgan fingerprint density at radius 1 is 1.32 bits per heavy atom. The van der Waals surface area contributed by atoms with Gasteiger partial charge in [-0.05, 0) is 12.5 Å². The number of amides is 2. The Labute approximate surface area is 128 Å². The molecule has 0 bridgehead atoms. The molecule has 0 aliphatic carbocycles. The average Bonchev–Trinajstić information content (AvgIpc) is 2.94. The van der Waals surface area contributed by atoms with Crippen LogP contribution in [0.4, 0.5) is 5.69 Å². The highest BCUT2D eigenvalue weighted by Crippen LogP contribution is 2.14. The largest absolute Gasteiger partial charge is 0.358 e. The summed E-state index contributed by atoms with van der Waals surface area (Å²) in [4.78, 5) is 23.4. The molecule has 0 aliphatic rings. The Kier molecular flexibility index (Phi) is 4.90. The molecule has 2 rings (SSSR count). The summed E-state index contributed by atoms with van der Waals surface area (Å²) in [6.07, 6.45) is 3.05. The van der Waals surface area contributed by atoms with Crippen LogP contribution in [0, 0.1) is 6.92 Å². The van der Waals surface area contributed by atoms with Gasteiger partial charge in [0.15, 0.2) is 0 Å². The first-order valence-corrected chi connectivity index (χ1v) is 6.85. The van der Waals surface area contributed by atoms with Crippen molar-refractivity contribution in [2.75, 3.05) is 12.4 Å². The number of hydrogen-bond acceptors (Lipinski definition) is 4. The smallest absolute Gasteiger partial charge is 0.245 e. The van der Waals surface area contributed by atoms with E-state index < -0.39 is 6.04 Å². The van der Waals surface area contributed by atoms with E-state index in [9.17, 15) is 9.59 Å². The van der Waals surface area contributed by atoms with Gasteiger partial charge in [0.1, 0.15) is 12.6 Å². The van der Waals surface area contributed by atoms with E-state index >= 15 is 0 Å². The maximum atomic E-state index is 12.1. The van der Waals surface area contributed by atoms with Crippen molar-refractivity contribution in [3.63, 3.8) is 0 Å². The standard InChI is InChI=1S/C15H19N5O2/c1-10-3-5-11(6-4-10)14(16)15(22)19-12-7-18-20(8-12)9-13(21)17-2/h3-8,14H,9,16H2,1-2H3,(H,17,21)(H,19,22). The highest BCUT2D eigenvalue weighted by atomic mass is 16.2. The minimum Gasteiger partial charge on any atom is -0.358 e. The number of likely N-dealkylation sites (N-methyl/N-ethyl adjacent to an activating group) is 1. The number of nitrogens with one attached hydrogen (secondary N) is 2. The minimum atomic E-state index is -0.761. The number of aromatic nitrogens is 2. The van der Waals surface area contributed by atoms with Gasteiger partial charge in [0.2, 0.25) is 11.8 Å². The van der Waals surface area contributed by atoms with Gasteiger partial charge >= 0.3 is 0 Å². The first-order valence-electron chi connectivity index (χ1n) is 6.85. The molecule has 0 saturated heterocycles. The highest BCUT2D eigenvalue weighted by Gasteiger charge is 2.16. The third-order valence-corrected chi connectivity index (χ3v) is 3.20. The summed E-state index contributed by atoms with van der Waals surface area (Å²) in [5.41, 5.74) is 8.28. The van der Waals surface area contributed by atoms with Crippen LogP contribution in [0.2, 0.25) is 0 Å². The number of anilines is 1. The molecule has 2 amide bonds. The van der Waals surface area contributed by atoms with Crippen LogP contribution >= 0.6 is 0 Å². The van der Waals surface area contributed by atoms with Gasteiger partial charge in [-0.1, -0.05) is 29.8 Å². The molecule has 2 aromatic rings. The summed E-state index contributed by atoms with van der Waals surface area (Å²) in [7, 11) is 1.55. The molecule has 22 heavy (non-hydrogen) atoms. The Bertz CT molecular complexity index is 663. The first kappa shape index (κ1) is 15.7. The molecule has 0 fully saturated rings. The SMILES string of the molecule is CNC(=O)Cn1cc(NC(=O)C(N)c2ccc(C)cc2)cn1. The van der Waals surface area contributed by atoms with Gasteiger partial charge in [0.25, 0.3) is 0 Å². The lowest BCUT2D eigenvalue weighted by atomic mass is 10.1. The van der Waals surface area contributed by atoms with Crippen molar-refractivity contribution in [3.05, 3.63) is 47.8 Å². The molecule has 1 heterocycles. The number of carbonyl (C=O) groups excluding carboxylic acids is 2. The van der Waals surface area contributed by atoms with Gasteiger partial charge in [-0.25, -0.2) is 0 Å². The molecule has 4 N–H and O–H groups in total. The zero-order chi connectivity index (χ0) is 16.1. The quantitative estimate of drug-likeness (QED) is 0.751. The van der Waals surface area contributed by atoms with Crippen molar-refractivity contribution in [1.82, 2.24) is 15.1 Å². The predicted octanol–water partition coefficient (Wildman–Crippen LogP) is 0.576. The van der Waals surface area contributed by atoms with Gasteiger partial charge in [0.05, 0.1) is 11.9 Å². The fraction of sp³-hybridized carbons (Fsp3) is 0.267. The molecule has 0 saturated carbocycles. The Hall–Kier alpha value is -2.67. The summed E-state index contributed by atoms with van der Waals surface area (Å²) in [6.45, 7) is 2.06. The van der Waals surface area contributed by atoms with E-state index in [2.05, 4.69) is 15.7 Å². The number of carbonyl (C=O) groups is 2. The van der Waals surface area contributed by atoms with Crippen LogP contribution in [-0.4, -0.2) is 28.6 Å². The second-order valence-corrected chi connectivity index (χ2v) is 4.98. The second-order valence-electron chi connectivity index (χ2n) is 4.98. The van der Waals surface area contributed by atoms with Gasteiger partial charge in [0, 0.05) is 13.2 Å². The maximum absolute atomic E-state index is 12.1. The highest BCUT2D eigenvalue weighted by molar-refractivity contribution is 5.95. The predicted molar refractivity (Wildman–Crippen MR) is 83.0 cm³/mol. The third-order valence-electron chi connectivity index (χ3n) is 3.20. The van der Waals surface area contributed by atoms with Gasteiger partial charge in [-0.15, -0.1) is 0 Å². The Morgan fingerprint density at radius 3 is 2.64 bits per heavy atom. The van der Waals surface area contributed by atoms with E-state index in [0.717, 1.165) is 11.1 Å². The van der Waals surface area contributed by atoms with E-state index in [1.807, 2.05) is 31.2 Å². The Morgan fingerprint density at radius 2 is 2.00 bits per heavy atom. The molecule has 7 nitrogen and oxygen atoms in total. The van der Waals surface area contributed by atoms with Crippen LogP contribution in [0.15, 0.2) is 36.7 Å².